The number of aliphatic carboxylic acids is 1. The number of ether oxygens (including phenoxy) is 4. The van der Waals surface area contributed by atoms with Crippen molar-refractivity contribution in [2.45, 2.75) is 87.2 Å². The molecule has 2 rings (SSSR count). The van der Waals surface area contributed by atoms with Gasteiger partial charge in [0.1, 0.15) is 55.5 Å². The number of amides is 11. The van der Waals surface area contributed by atoms with E-state index < -0.39 is 132 Å². The number of hydrogen-bond donors (Lipinski definition) is 18. The SMILES string of the molecule is N=C(N)NCCC[C@@H]1NC(=O)[C@H](CS)NC(=O)[C@H](CCCCN)NC(=O)CSC[C@@H](C(=O)NCCOCCOCCOCCNC(=O)COCC(N)=O)NC(=O)[C@H](Cc2ccccc2)NC(=O)[C@H](CS)NC(=O)[C@H](CC(=O)O)NC(=O)CNC1=O. The molecular formula is C50H81N15O17S3. The summed E-state index contributed by atoms with van der Waals surface area (Å²) in [5.41, 5.74) is 16.6. The first-order valence-corrected chi connectivity index (χ1v) is 29.4. The van der Waals surface area contributed by atoms with Crippen molar-refractivity contribution in [2.24, 2.45) is 17.2 Å². The first-order chi connectivity index (χ1) is 40.7. The van der Waals surface area contributed by atoms with E-state index in [-0.39, 0.29) is 128 Å². The molecule has 0 aliphatic carbocycles. The summed E-state index contributed by atoms with van der Waals surface area (Å²) in [5, 5.41) is 44.7. The van der Waals surface area contributed by atoms with Gasteiger partial charge in [-0.2, -0.15) is 25.3 Å². The van der Waals surface area contributed by atoms with Crippen LogP contribution in [0, 0.1) is 5.41 Å². The van der Waals surface area contributed by atoms with Gasteiger partial charge < -0.3 is 99.7 Å². The number of nitrogens with one attached hydrogen (secondary N) is 12. The van der Waals surface area contributed by atoms with Crippen molar-refractivity contribution in [1.82, 2.24) is 58.5 Å². The van der Waals surface area contributed by atoms with Gasteiger partial charge >= 0.3 is 5.97 Å². The van der Waals surface area contributed by atoms with Gasteiger partial charge in [0.05, 0.1) is 58.4 Å². The number of unbranched alkanes of at least 4 members (excludes halogenated alkanes) is 1. The maximum absolute atomic E-state index is 14.3. The van der Waals surface area contributed by atoms with Crippen molar-refractivity contribution in [2.75, 3.05) is 109 Å². The molecule has 7 atom stereocenters. The number of hydrogen-bond acceptors (Lipinski definition) is 21. The summed E-state index contributed by atoms with van der Waals surface area (Å²) < 4.78 is 21.3. The van der Waals surface area contributed by atoms with Gasteiger partial charge in [-0.3, -0.25) is 62.9 Å². The zero-order valence-electron chi connectivity index (χ0n) is 46.9. The zero-order chi connectivity index (χ0) is 62.9. The van der Waals surface area contributed by atoms with E-state index in [1.165, 1.54) is 0 Å². The molecule has 35 heteroatoms. The van der Waals surface area contributed by atoms with E-state index in [0.29, 0.717) is 18.4 Å². The number of rotatable bonds is 31. The van der Waals surface area contributed by atoms with E-state index in [0.717, 1.165) is 11.8 Å². The monoisotopic (exact) mass is 1260 g/mol. The highest BCUT2D eigenvalue weighted by Gasteiger charge is 2.34. The fraction of sp³-hybridized carbons (Fsp3) is 0.620. The molecule has 1 aliphatic rings. The standard InChI is InChI=1S/C50H81N15O17S3/c51-11-5-4-9-32-45(74)63-35(26-83)48(77)61-31(10-6-12-57-50(53)54)43(72)58-23-39(67)60-34(22-42(70)71)47(76)64-36(27-84)49(78)62-33(21-30-7-2-1-3-8-30)46(75)65-37(28-85-29-41(69)59-32)44(73)56-14-16-80-18-20-81-19-17-79-15-13-55-40(68)25-82-24-38(52)66/h1-3,7-8,31-37,83-84H,4-6,9-29,51H2,(H2,52,66)(H,55,68)(H,56,73)(H,58,72)(H,59,69)(H,60,67)(H,61,77)(H,62,78)(H,63,74)(H,64,76)(H,65,75)(H,70,71)(H4,53,54,57)/t31-,32-,33-,34-,35-,36-,37-/m0/s1. The highest BCUT2D eigenvalue weighted by atomic mass is 32.2. The molecule has 19 N–H and O–H groups in total. The topological polar surface area (TPSA) is 496 Å². The van der Waals surface area contributed by atoms with E-state index in [1.807, 2.05) is 0 Å². The van der Waals surface area contributed by atoms with Gasteiger partial charge in [-0.1, -0.05) is 30.3 Å². The number of thiol groups is 2. The number of guanidine groups is 1. The number of carboxylic acids is 1. The molecule has 0 aromatic heterocycles. The zero-order valence-corrected chi connectivity index (χ0v) is 49.5. The molecule has 1 fully saturated rings. The highest BCUT2D eigenvalue weighted by Crippen LogP contribution is 2.10. The Bertz CT molecular complexity index is 2350. The number of thioether (sulfide) groups is 1. The molecule has 32 nitrogen and oxygen atoms in total. The van der Waals surface area contributed by atoms with Gasteiger partial charge in [0.2, 0.25) is 65.0 Å². The molecule has 1 heterocycles. The smallest absolute Gasteiger partial charge is 0.305 e. The Morgan fingerprint density at radius 2 is 1.13 bits per heavy atom. The minimum atomic E-state index is -1.83. The van der Waals surface area contributed by atoms with Crippen LogP contribution in [0.2, 0.25) is 0 Å². The maximum atomic E-state index is 14.3. The van der Waals surface area contributed by atoms with Crippen molar-refractivity contribution < 1.29 is 81.6 Å². The molecule has 1 aliphatic heterocycles. The Morgan fingerprint density at radius 3 is 1.72 bits per heavy atom. The molecule has 1 aromatic carbocycles. The summed E-state index contributed by atoms with van der Waals surface area (Å²) in [7, 11) is 0. The normalized spacial score (nSPS) is 21.0. The second-order valence-corrected chi connectivity index (χ2v) is 20.4. The summed E-state index contributed by atoms with van der Waals surface area (Å²) in [5.74, 6) is -12.5. The van der Waals surface area contributed by atoms with Crippen molar-refractivity contribution in [3.05, 3.63) is 35.9 Å². The highest BCUT2D eigenvalue weighted by molar-refractivity contribution is 8.00. The van der Waals surface area contributed by atoms with Crippen molar-refractivity contribution in [1.29, 1.82) is 5.41 Å². The lowest BCUT2D eigenvalue weighted by Gasteiger charge is -2.26. The lowest BCUT2D eigenvalue weighted by Crippen LogP contribution is -2.60. The van der Waals surface area contributed by atoms with E-state index >= 15 is 0 Å². The fourth-order valence-electron chi connectivity index (χ4n) is 7.45. The summed E-state index contributed by atoms with van der Waals surface area (Å²) in [6, 6.07) is -1.81. The predicted octanol–water partition coefficient (Wildman–Crippen LogP) is -7.00. The summed E-state index contributed by atoms with van der Waals surface area (Å²) in [4.78, 5) is 158. The number of benzene rings is 1. The lowest BCUT2D eigenvalue weighted by molar-refractivity contribution is -0.141. The number of nitrogens with two attached hydrogens (primary N) is 3. The predicted molar refractivity (Wildman–Crippen MR) is 315 cm³/mol. The quantitative estimate of drug-likeness (QED) is 0.0142. The third-order valence-corrected chi connectivity index (χ3v) is 13.5. The average molecular weight is 1260 g/mol. The van der Waals surface area contributed by atoms with Crippen LogP contribution < -0.4 is 75.7 Å². The van der Waals surface area contributed by atoms with Gasteiger partial charge in [-0.25, -0.2) is 0 Å². The van der Waals surface area contributed by atoms with Crippen LogP contribution >= 0.6 is 37.0 Å². The molecule has 0 radical (unpaired) electrons. The Labute approximate surface area is 506 Å². The van der Waals surface area contributed by atoms with E-state index in [2.05, 4.69) is 83.7 Å². The van der Waals surface area contributed by atoms with Gasteiger partial charge in [0, 0.05) is 43.3 Å². The Morgan fingerprint density at radius 1 is 0.600 bits per heavy atom. The molecule has 11 amide bonds. The van der Waals surface area contributed by atoms with E-state index in [1.54, 1.807) is 30.3 Å². The van der Waals surface area contributed by atoms with Crippen LogP contribution in [0.15, 0.2) is 30.3 Å². The molecule has 0 bridgehead atoms. The second-order valence-electron chi connectivity index (χ2n) is 18.6. The van der Waals surface area contributed by atoms with Crippen LogP contribution in [-0.2, 0) is 82.9 Å². The van der Waals surface area contributed by atoms with Crippen LogP contribution in [-0.4, -0.2) is 233 Å². The number of primary amides is 1. The van der Waals surface area contributed by atoms with E-state index in [4.69, 9.17) is 41.6 Å². The minimum Gasteiger partial charge on any atom is -0.481 e. The van der Waals surface area contributed by atoms with Gasteiger partial charge in [-0.15, -0.1) is 11.8 Å². The van der Waals surface area contributed by atoms with Gasteiger partial charge in [-0.05, 0) is 44.2 Å². The first kappa shape index (κ1) is 74.1. The Hall–Kier alpha value is -7.02. The summed E-state index contributed by atoms with van der Waals surface area (Å²) in [6.45, 7) is -0.268. The molecule has 1 saturated heterocycles. The molecular weight excluding hydrogens is 1180 g/mol. The molecule has 0 saturated carbocycles. The maximum Gasteiger partial charge on any atom is 0.305 e. The molecule has 476 valence electrons. The van der Waals surface area contributed by atoms with E-state index in [9.17, 15) is 62.6 Å². The van der Waals surface area contributed by atoms with Gasteiger partial charge in [0.15, 0.2) is 5.96 Å². The van der Waals surface area contributed by atoms with Crippen molar-refractivity contribution >= 4 is 114 Å². The van der Waals surface area contributed by atoms with Crippen LogP contribution in [0.5, 0.6) is 0 Å². The second kappa shape index (κ2) is 43.6. The summed E-state index contributed by atoms with van der Waals surface area (Å²) >= 11 is 9.36. The van der Waals surface area contributed by atoms with Crippen molar-refractivity contribution in [3.63, 3.8) is 0 Å². The number of carboxylic acid groups (broad SMARTS) is 1. The summed E-state index contributed by atoms with van der Waals surface area (Å²) in [6.07, 6.45) is -0.224. The van der Waals surface area contributed by atoms with Crippen LogP contribution in [0.4, 0.5) is 0 Å². The van der Waals surface area contributed by atoms with Crippen LogP contribution in [0.3, 0.4) is 0 Å². The Balaban J connectivity index is 2.41. The lowest BCUT2D eigenvalue weighted by atomic mass is 10.0. The van der Waals surface area contributed by atoms with Crippen molar-refractivity contribution in [3.8, 4) is 0 Å². The van der Waals surface area contributed by atoms with Gasteiger partial charge in [0.25, 0.3) is 0 Å². The molecule has 85 heavy (non-hydrogen) atoms. The Kier molecular flexibility index (Phi) is 38.0. The van der Waals surface area contributed by atoms with Crippen LogP contribution in [0.25, 0.3) is 0 Å². The number of carbonyl (C=O) groups is 12. The largest absolute Gasteiger partial charge is 0.481 e. The van der Waals surface area contributed by atoms with Crippen LogP contribution in [0.1, 0.15) is 44.1 Å². The average Bonchev–Trinajstić information content (AvgIpc) is 3.59. The third kappa shape index (κ3) is 33.3. The third-order valence-electron chi connectivity index (χ3n) is 11.7. The molecule has 0 unspecified atom stereocenters. The molecule has 0 spiro atoms. The minimum absolute atomic E-state index is 0.00985. The molecule has 1 aromatic rings. The first-order valence-electron chi connectivity index (χ1n) is 27.0. The fourth-order valence-corrected chi connectivity index (χ4v) is 8.82. The number of carbonyl (C=O) groups excluding carboxylic acids is 11.